The number of nitrogens with zero attached hydrogens (tertiary/aromatic N) is 2. The van der Waals surface area contributed by atoms with Gasteiger partial charge in [-0.1, -0.05) is 69.7 Å². The molecule has 0 aromatic heterocycles. The van der Waals surface area contributed by atoms with E-state index >= 15 is 0 Å². The van der Waals surface area contributed by atoms with Crippen LogP contribution in [-0.2, 0) is 4.84 Å². The molecule has 28 heavy (non-hydrogen) atoms. The van der Waals surface area contributed by atoms with Crippen LogP contribution >= 0.6 is 0 Å². The highest BCUT2D eigenvalue weighted by Crippen LogP contribution is 2.23. The molecule has 5 heteroatoms. The number of hydrogen-bond donors (Lipinski definition) is 1. The average Bonchev–Trinajstić information content (AvgIpc) is 2.72. The molecule has 0 atom stereocenters. The average molecular weight is 383 g/mol. The quantitative estimate of drug-likeness (QED) is 0.226. The van der Waals surface area contributed by atoms with Crippen molar-refractivity contribution in [3.05, 3.63) is 54.1 Å². The summed E-state index contributed by atoms with van der Waals surface area (Å²) in [4.78, 5) is 16.1. The van der Waals surface area contributed by atoms with Crippen LogP contribution in [0.15, 0.2) is 58.9 Å². The van der Waals surface area contributed by atoms with Crippen molar-refractivity contribution < 1.29 is 14.7 Å². The molecule has 0 amide bonds. The van der Waals surface area contributed by atoms with Crippen LogP contribution in [0.2, 0.25) is 0 Å². The van der Waals surface area contributed by atoms with E-state index < -0.39 is 5.97 Å². The summed E-state index contributed by atoms with van der Waals surface area (Å²) in [5, 5.41) is 16.8. The Bertz CT molecular complexity index is 725. The summed E-state index contributed by atoms with van der Waals surface area (Å²) in [6.45, 7) is 2.84. The van der Waals surface area contributed by atoms with Gasteiger partial charge in [0, 0.05) is 5.28 Å². The number of rotatable bonds is 13. The lowest BCUT2D eigenvalue weighted by molar-refractivity contribution is 0.0697. The fourth-order valence-electron chi connectivity index (χ4n) is 2.94. The highest BCUT2D eigenvalue weighted by atomic mass is 16.6. The number of carbonyl (C=O) groups is 1. The van der Waals surface area contributed by atoms with Gasteiger partial charge in [-0.2, -0.15) is 0 Å². The maximum Gasteiger partial charge on any atom is 0.335 e. The molecule has 0 saturated carbocycles. The summed E-state index contributed by atoms with van der Waals surface area (Å²) in [5.41, 5.74) is 2.96. The lowest BCUT2D eigenvalue weighted by Gasteiger charge is -2.03. The van der Waals surface area contributed by atoms with E-state index in [1.54, 1.807) is 24.3 Å². The molecule has 0 aliphatic heterocycles. The molecular formula is C23H30N2O3. The second-order valence-electron chi connectivity index (χ2n) is 6.92. The first-order valence-corrected chi connectivity index (χ1v) is 10.2. The molecule has 0 fully saturated rings. The van der Waals surface area contributed by atoms with Gasteiger partial charge in [0.2, 0.25) is 0 Å². The molecule has 0 aliphatic carbocycles. The number of aromatic carboxylic acids is 1. The van der Waals surface area contributed by atoms with E-state index in [1.165, 1.54) is 44.9 Å². The van der Waals surface area contributed by atoms with Crippen molar-refractivity contribution >= 4 is 11.7 Å². The Hall–Kier alpha value is -2.69. The zero-order valence-electron chi connectivity index (χ0n) is 16.6. The summed E-state index contributed by atoms with van der Waals surface area (Å²) in [5.74, 6) is -0.922. The van der Waals surface area contributed by atoms with E-state index in [1.807, 2.05) is 24.3 Å². The Labute approximate surface area is 167 Å². The highest BCUT2D eigenvalue weighted by Gasteiger charge is 2.03. The largest absolute Gasteiger partial charge is 0.478 e. The topological polar surface area (TPSA) is 71.2 Å². The fraction of sp³-hybridized carbons (Fsp3) is 0.435. The first-order valence-electron chi connectivity index (χ1n) is 10.2. The van der Waals surface area contributed by atoms with Crippen LogP contribution in [0.5, 0.6) is 0 Å². The summed E-state index contributed by atoms with van der Waals surface area (Å²) in [6, 6.07) is 14.4. The molecule has 0 heterocycles. The van der Waals surface area contributed by atoms with Gasteiger partial charge in [0.1, 0.15) is 6.61 Å². The lowest BCUT2D eigenvalue weighted by atomic mass is 10.0. The van der Waals surface area contributed by atoms with Gasteiger partial charge in [0.15, 0.2) is 0 Å². The van der Waals surface area contributed by atoms with Crippen molar-refractivity contribution in [3.8, 4) is 11.1 Å². The minimum absolute atomic E-state index is 0.280. The monoisotopic (exact) mass is 382 g/mol. The fourth-order valence-corrected chi connectivity index (χ4v) is 2.94. The van der Waals surface area contributed by atoms with E-state index in [-0.39, 0.29) is 5.56 Å². The summed E-state index contributed by atoms with van der Waals surface area (Å²) >= 11 is 0. The molecule has 0 bridgehead atoms. The highest BCUT2D eigenvalue weighted by molar-refractivity contribution is 5.88. The minimum Gasteiger partial charge on any atom is -0.478 e. The molecule has 2 aromatic carbocycles. The molecule has 0 spiro atoms. The van der Waals surface area contributed by atoms with Gasteiger partial charge in [0.25, 0.3) is 0 Å². The van der Waals surface area contributed by atoms with Crippen LogP contribution in [-0.4, -0.2) is 17.7 Å². The zero-order chi connectivity index (χ0) is 20.0. The van der Waals surface area contributed by atoms with Crippen molar-refractivity contribution in [1.29, 1.82) is 0 Å². The van der Waals surface area contributed by atoms with E-state index in [2.05, 4.69) is 17.3 Å². The van der Waals surface area contributed by atoms with Gasteiger partial charge in [0.05, 0.1) is 11.3 Å². The van der Waals surface area contributed by atoms with E-state index in [0.717, 1.165) is 23.2 Å². The molecule has 2 aromatic rings. The third kappa shape index (κ3) is 7.91. The van der Waals surface area contributed by atoms with Crippen LogP contribution in [0, 0.1) is 0 Å². The maximum absolute atomic E-state index is 10.9. The van der Waals surface area contributed by atoms with Crippen molar-refractivity contribution in [1.82, 2.24) is 0 Å². The van der Waals surface area contributed by atoms with E-state index in [9.17, 15) is 4.79 Å². The number of unbranched alkanes of at least 4 members (excludes halogenated alkanes) is 7. The lowest BCUT2D eigenvalue weighted by Crippen LogP contribution is -1.94. The molecule has 0 unspecified atom stereocenters. The first kappa shape index (κ1) is 21.6. The van der Waals surface area contributed by atoms with Crippen LogP contribution in [0.1, 0.15) is 68.6 Å². The van der Waals surface area contributed by atoms with Crippen molar-refractivity contribution in [2.75, 3.05) is 6.61 Å². The SMILES string of the molecule is CCCCCCCCCCO/N=N/c1ccc(-c2ccc(C(=O)O)cc2)cc1. The van der Waals surface area contributed by atoms with Gasteiger partial charge in [-0.15, -0.1) is 5.11 Å². The Kier molecular flexibility index (Phi) is 9.76. The van der Waals surface area contributed by atoms with Gasteiger partial charge in [-0.05, 0) is 48.2 Å². The summed E-state index contributed by atoms with van der Waals surface area (Å²) in [6.07, 6.45) is 10.1. The van der Waals surface area contributed by atoms with Crippen LogP contribution < -0.4 is 0 Å². The second-order valence-corrected chi connectivity index (χ2v) is 6.92. The smallest absolute Gasteiger partial charge is 0.335 e. The molecule has 2 rings (SSSR count). The van der Waals surface area contributed by atoms with E-state index in [0.29, 0.717) is 6.61 Å². The molecule has 0 aliphatic rings. The second kappa shape index (κ2) is 12.7. The molecule has 0 saturated heterocycles. The summed E-state index contributed by atoms with van der Waals surface area (Å²) in [7, 11) is 0. The summed E-state index contributed by atoms with van der Waals surface area (Å²) < 4.78 is 0. The van der Waals surface area contributed by atoms with Crippen molar-refractivity contribution in [2.24, 2.45) is 10.4 Å². The number of carboxylic acids is 1. The van der Waals surface area contributed by atoms with E-state index in [4.69, 9.17) is 9.94 Å². The van der Waals surface area contributed by atoms with Crippen molar-refractivity contribution in [2.45, 2.75) is 58.3 Å². The van der Waals surface area contributed by atoms with Gasteiger partial charge in [-0.3, -0.25) is 0 Å². The molecule has 1 N–H and O–H groups in total. The Morgan fingerprint density at radius 1 is 0.821 bits per heavy atom. The minimum atomic E-state index is -0.922. The predicted molar refractivity (Wildman–Crippen MR) is 112 cm³/mol. The number of carboxylic acid groups (broad SMARTS) is 1. The van der Waals surface area contributed by atoms with Gasteiger partial charge in [-0.25, -0.2) is 4.79 Å². The molecular weight excluding hydrogens is 352 g/mol. The Morgan fingerprint density at radius 3 is 1.93 bits per heavy atom. The van der Waals surface area contributed by atoms with Crippen LogP contribution in [0.3, 0.4) is 0 Å². The third-order valence-electron chi connectivity index (χ3n) is 4.64. The Balaban J connectivity index is 1.66. The molecule has 150 valence electrons. The third-order valence-corrected chi connectivity index (χ3v) is 4.64. The number of hydrogen-bond acceptors (Lipinski definition) is 4. The van der Waals surface area contributed by atoms with Crippen LogP contribution in [0.25, 0.3) is 11.1 Å². The zero-order valence-corrected chi connectivity index (χ0v) is 16.6. The van der Waals surface area contributed by atoms with Gasteiger partial charge < -0.3 is 9.94 Å². The molecule has 0 radical (unpaired) electrons. The molecule has 5 nitrogen and oxygen atoms in total. The van der Waals surface area contributed by atoms with Crippen LogP contribution in [0.4, 0.5) is 5.69 Å². The van der Waals surface area contributed by atoms with Crippen molar-refractivity contribution in [3.63, 3.8) is 0 Å². The maximum atomic E-state index is 10.9. The number of benzene rings is 2. The van der Waals surface area contributed by atoms with Gasteiger partial charge >= 0.3 is 5.97 Å². The Morgan fingerprint density at radius 2 is 1.36 bits per heavy atom. The normalized spacial score (nSPS) is 11.0. The standard InChI is InChI=1S/C23H30N2O3/c1-2-3-4-5-6-7-8-9-18-28-25-24-22-16-14-20(15-17-22)19-10-12-21(13-11-19)23(26)27/h10-17H,2-9,18H2,1H3,(H,26,27)/b25-24+. The first-order chi connectivity index (χ1) is 13.7. The predicted octanol–water partition coefficient (Wildman–Crippen LogP) is 7.21.